The molecular weight excluding hydrogens is 589 g/mol. The molecular formula is C35H37F3O7. The molecule has 1 aliphatic carbocycles. The number of methoxy groups -OCH3 is 1. The number of halogens is 3. The molecule has 0 bridgehead atoms. The van der Waals surface area contributed by atoms with Crippen LogP contribution in [0.25, 0.3) is 11.1 Å². The number of hydrogen-bond acceptors (Lipinski definition) is 7. The number of rotatable bonds is 8. The first kappa shape index (κ1) is 31.2. The van der Waals surface area contributed by atoms with Crippen molar-refractivity contribution in [3.8, 4) is 28.4 Å². The molecule has 7 nitrogen and oxygen atoms in total. The second-order valence-electron chi connectivity index (χ2n) is 12.2. The van der Waals surface area contributed by atoms with Crippen LogP contribution >= 0.6 is 0 Å². The van der Waals surface area contributed by atoms with E-state index in [1.165, 1.54) is 13.2 Å². The number of esters is 1. The van der Waals surface area contributed by atoms with Gasteiger partial charge in [0.15, 0.2) is 0 Å². The third-order valence-electron chi connectivity index (χ3n) is 9.13. The molecule has 1 fully saturated rings. The molecule has 2 atom stereocenters. The highest BCUT2D eigenvalue weighted by Crippen LogP contribution is 2.49. The Balaban J connectivity index is 1.28. The molecule has 0 unspecified atom stereocenters. The lowest BCUT2D eigenvalue weighted by Gasteiger charge is -2.31. The smallest absolute Gasteiger partial charge is 0.417 e. The molecule has 3 aromatic rings. The van der Waals surface area contributed by atoms with E-state index in [1.807, 2.05) is 12.1 Å². The maximum Gasteiger partial charge on any atom is 0.417 e. The maximum atomic E-state index is 14.5. The maximum absolute atomic E-state index is 14.5. The summed E-state index contributed by atoms with van der Waals surface area (Å²) in [4.78, 5) is 11.8. The Hall–Kier alpha value is -3.76. The SMILES string of the molecule is COC(=O)C[C@@H]1COc2cc(O[C@@H]3CCc4c3ccc(C(F)(F)F)c4-c3c(C)cc(OCC4(O)CCOCC4)cc3C)ccc21. The zero-order valence-electron chi connectivity index (χ0n) is 25.6. The van der Waals surface area contributed by atoms with E-state index >= 15 is 0 Å². The van der Waals surface area contributed by atoms with Crippen LogP contribution in [-0.2, 0) is 26.9 Å². The van der Waals surface area contributed by atoms with Gasteiger partial charge in [-0.2, -0.15) is 13.2 Å². The summed E-state index contributed by atoms with van der Waals surface area (Å²) >= 11 is 0. The van der Waals surface area contributed by atoms with Gasteiger partial charge >= 0.3 is 12.1 Å². The van der Waals surface area contributed by atoms with Gasteiger partial charge in [-0.05, 0) is 84.3 Å². The van der Waals surface area contributed by atoms with Crippen LogP contribution in [0.3, 0.4) is 0 Å². The summed E-state index contributed by atoms with van der Waals surface area (Å²) in [5.74, 6) is 1.27. The van der Waals surface area contributed by atoms with Crippen molar-refractivity contribution in [3.63, 3.8) is 0 Å². The summed E-state index contributed by atoms with van der Waals surface area (Å²) < 4.78 is 71.7. The third kappa shape index (κ3) is 6.35. The molecule has 0 radical (unpaired) electrons. The number of carbonyl (C=O) groups excluding carboxylic acids is 1. The third-order valence-corrected chi connectivity index (χ3v) is 9.13. The number of fused-ring (bicyclic) bond motifs is 2. The largest absolute Gasteiger partial charge is 0.492 e. The highest BCUT2D eigenvalue weighted by Gasteiger charge is 2.39. The molecule has 3 aromatic carbocycles. The average molecular weight is 627 g/mol. The summed E-state index contributed by atoms with van der Waals surface area (Å²) in [5, 5.41) is 10.8. The zero-order chi connectivity index (χ0) is 31.9. The summed E-state index contributed by atoms with van der Waals surface area (Å²) in [6.45, 7) is 4.94. The molecule has 45 heavy (non-hydrogen) atoms. The minimum absolute atomic E-state index is 0.0851. The average Bonchev–Trinajstić information content (AvgIpc) is 3.59. The molecule has 1 saturated heterocycles. The Morgan fingerprint density at radius 2 is 1.71 bits per heavy atom. The van der Waals surface area contributed by atoms with E-state index in [0.717, 1.165) is 17.2 Å². The fraction of sp³-hybridized carbons (Fsp3) is 0.457. The van der Waals surface area contributed by atoms with Crippen LogP contribution in [-0.4, -0.2) is 50.2 Å². The second kappa shape index (κ2) is 12.2. The minimum Gasteiger partial charge on any atom is -0.492 e. The highest BCUT2D eigenvalue weighted by atomic mass is 19.4. The molecule has 1 N–H and O–H groups in total. The van der Waals surface area contributed by atoms with Crippen molar-refractivity contribution in [2.75, 3.05) is 33.5 Å². The Morgan fingerprint density at radius 1 is 1.00 bits per heavy atom. The lowest BCUT2D eigenvalue weighted by atomic mass is 9.86. The first-order valence-electron chi connectivity index (χ1n) is 15.2. The molecule has 2 heterocycles. The predicted octanol–water partition coefficient (Wildman–Crippen LogP) is 7.01. The van der Waals surface area contributed by atoms with E-state index in [9.17, 15) is 23.1 Å². The standard InChI is InChI=1S/C35H37F3O7/c1-20-14-24(44-19-34(40)10-12-42-13-11-34)15-21(2)32(20)33-27-7-9-29(26(27)6-8-28(33)35(36,37)38)45-23-4-5-25-22(16-31(39)41-3)18-43-30(25)17-23/h4-6,8,14-15,17,22,29,40H,7,9-13,16,18-19H2,1-3H3/t22-,29-/m1/s1. The Labute approximate surface area is 260 Å². The van der Waals surface area contributed by atoms with Gasteiger partial charge in [-0.25, -0.2) is 0 Å². The molecule has 0 aromatic heterocycles. The first-order valence-corrected chi connectivity index (χ1v) is 15.2. The van der Waals surface area contributed by atoms with E-state index < -0.39 is 23.4 Å². The van der Waals surface area contributed by atoms with Gasteiger partial charge in [0.05, 0.1) is 25.7 Å². The van der Waals surface area contributed by atoms with Gasteiger partial charge in [0, 0.05) is 43.6 Å². The van der Waals surface area contributed by atoms with Crippen molar-refractivity contribution < 1.29 is 46.8 Å². The van der Waals surface area contributed by atoms with Crippen molar-refractivity contribution in [1.29, 1.82) is 0 Å². The summed E-state index contributed by atoms with van der Waals surface area (Å²) in [6, 6.07) is 11.6. The van der Waals surface area contributed by atoms with Crippen LogP contribution in [0.15, 0.2) is 42.5 Å². The van der Waals surface area contributed by atoms with Crippen LogP contribution in [0.4, 0.5) is 13.2 Å². The van der Waals surface area contributed by atoms with E-state index in [4.69, 9.17) is 23.7 Å². The molecule has 10 heteroatoms. The topological polar surface area (TPSA) is 83.5 Å². The number of aliphatic hydroxyl groups is 1. The number of hydrogen-bond donors (Lipinski definition) is 1. The van der Waals surface area contributed by atoms with Crippen LogP contribution in [0.2, 0.25) is 0 Å². The Bertz CT molecular complexity index is 1570. The summed E-state index contributed by atoms with van der Waals surface area (Å²) in [6.07, 6.45) is -2.90. The first-order chi connectivity index (χ1) is 21.5. The highest BCUT2D eigenvalue weighted by molar-refractivity contribution is 5.80. The summed E-state index contributed by atoms with van der Waals surface area (Å²) in [5.41, 5.74) is 2.60. The minimum atomic E-state index is -4.55. The predicted molar refractivity (Wildman–Crippen MR) is 160 cm³/mol. The van der Waals surface area contributed by atoms with Gasteiger partial charge in [0.25, 0.3) is 0 Å². The molecule has 0 spiro atoms. The van der Waals surface area contributed by atoms with Crippen LogP contribution in [0.1, 0.15) is 71.1 Å². The fourth-order valence-corrected chi connectivity index (χ4v) is 6.77. The summed E-state index contributed by atoms with van der Waals surface area (Å²) in [7, 11) is 1.35. The lowest BCUT2D eigenvalue weighted by Crippen LogP contribution is -2.41. The normalized spacial score (nSPS) is 20.2. The molecule has 3 aliphatic rings. The quantitative estimate of drug-likeness (QED) is 0.269. The van der Waals surface area contributed by atoms with Gasteiger partial charge in [-0.15, -0.1) is 0 Å². The Kier molecular flexibility index (Phi) is 8.47. The number of aryl methyl sites for hydroxylation is 2. The van der Waals surface area contributed by atoms with Crippen LogP contribution < -0.4 is 14.2 Å². The zero-order valence-corrected chi connectivity index (χ0v) is 25.6. The van der Waals surface area contributed by atoms with E-state index in [2.05, 4.69) is 0 Å². The van der Waals surface area contributed by atoms with Gasteiger partial charge < -0.3 is 28.8 Å². The van der Waals surface area contributed by atoms with Crippen LogP contribution in [0, 0.1) is 13.8 Å². The van der Waals surface area contributed by atoms with E-state index in [-0.39, 0.29) is 30.5 Å². The fourth-order valence-electron chi connectivity index (χ4n) is 6.77. The van der Waals surface area contributed by atoms with Crippen molar-refractivity contribution >= 4 is 5.97 Å². The molecule has 6 rings (SSSR count). The van der Waals surface area contributed by atoms with Crippen molar-refractivity contribution in [1.82, 2.24) is 0 Å². The molecule has 240 valence electrons. The molecule has 2 aliphatic heterocycles. The van der Waals surface area contributed by atoms with Gasteiger partial charge in [0.1, 0.15) is 35.6 Å². The van der Waals surface area contributed by atoms with Crippen LogP contribution in [0.5, 0.6) is 17.2 Å². The number of ether oxygens (including phenoxy) is 5. The number of carbonyl (C=O) groups is 1. The van der Waals surface area contributed by atoms with Crippen molar-refractivity contribution in [2.45, 2.75) is 69.8 Å². The van der Waals surface area contributed by atoms with E-state index in [1.54, 1.807) is 32.0 Å². The lowest BCUT2D eigenvalue weighted by molar-refractivity contribution is -0.141. The molecule has 0 saturated carbocycles. The molecule has 0 amide bonds. The van der Waals surface area contributed by atoms with Crippen molar-refractivity contribution in [2.24, 2.45) is 0 Å². The second-order valence-corrected chi connectivity index (χ2v) is 12.2. The number of alkyl halides is 3. The van der Waals surface area contributed by atoms with Gasteiger partial charge in [-0.1, -0.05) is 12.1 Å². The van der Waals surface area contributed by atoms with Gasteiger partial charge in [0.2, 0.25) is 0 Å². The van der Waals surface area contributed by atoms with Gasteiger partial charge in [-0.3, -0.25) is 4.79 Å². The van der Waals surface area contributed by atoms with E-state index in [0.29, 0.717) is 85.0 Å². The Morgan fingerprint density at radius 3 is 2.40 bits per heavy atom. The number of benzene rings is 3. The van der Waals surface area contributed by atoms with Crippen molar-refractivity contribution in [3.05, 3.63) is 75.8 Å². The monoisotopic (exact) mass is 626 g/mol.